The van der Waals surface area contributed by atoms with E-state index in [0.29, 0.717) is 17.1 Å². The fourth-order valence-corrected chi connectivity index (χ4v) is 2.28. The molecule has 0 atom stereocenters. The van der Waals surface area contributed by atoms with Gasteiger partial charge in [-0.25, -0.2) is 0 Å². The molecule has 1 aromatic carbocycles. The van der Waals surface area contributed by atoms with Crippen molar-refractivity contribution in [1.29, 1.82) is 5.26 Å². The average Bonchev–Trinajstić information content (AvgIpc) is 3.17. The van der Waals surface area contributed by atoms with Crippen LogP contribution in [0.1, 0.15) is 11.3 Å². The van der Waals surface area contributed by atoms with Gasteiger partial charge in [0, 0.05) is 28.7 Å². The van der Waals surface area contributed by atoms with Gasteiger partial charge in [-0.15, -0.1) is 0 Å². The fraction of sp³-hybridized carbons (Fsp3) is 0.118. The molecule has 0 aliphatic rings. The van der Waals surface area contributed by atoms with E-state index in [-0.39, 0.29) is 11.4 Å². The SMILES string of the molecule is COc1ccc2[nH]cc(C=C(C#N)C(=O)Nc3cc(C)on3)c2c1. The van der Waals surface area contributed by atoms with E-state index in [1.807, 2.05) is 24.3 Å². The molecule has 0 unspecified atom stereocenters. The minimum absolute atomic E-state index is 0.0422. The molecule has 24 heavy (non-hydrogen) atoms. The maximum absolute atomic E-state index is 12.2. The van der Waals surface area contributed by atoms with Crippen LogP contribution in [-0.4, -0.2) is 23.2 Å². The van der Waals surface area contributed by atoms with Crippen LogP contribution in [0.4, 0.5) is 5.82 Å². The molecule has 0 aliphatic carbocycles. The first kappa shape index (κ1) is 15.4. The molecule has 120 valence electrons. The van der Waals surface area contributed by atoms with Gasteiger partial charge in [-0.1, -0.05) is 5.16 Å². The number of benzene rings is 1. The first-order chi connectivity index (χ1) is 11.6. The highest BCUT2D eigenvalue weighted by atomic mass is 16.5. The molecule has 7 heteroatoms. The number of aromatic amines is 1. The zero-order valence-electron chi connectivity index (χ0n) is 13.1. The Labute approximate surface area is 137 Å². The zero-order chi connectivity index (χ0) is 17.1. The van der Waals surface area contributed by atoms with Gasteiger partial charge in [0.15, 0.2) is 5.82 Å². The van der Waals surface area contributed by atoms with Gasteiger partial charge in [0.2, 0.25) is 0 Å². The van der Waals surface area contributed by atoms with Crippen molar-refractivity contribution in [2.45, 2.75) is 6.92 Å². The Morgan fingerprint density at radius 1 is 1.46 bits per heavy atom. The normalized spacial score (nSPS) is 11.3. The number of nitriles is 1. The van der Waals surface area contributed by atoms with Gasteiger partial charge in [-0.2, -0.15) is 5.26 Å². The molecule has 0 bridgehead atoms. The van der Waals surface area contributed by atoms with Gasteiger partial charge < -0.3 is 19.6 Å². The van der Waals surface area contributed by atoms with Gasteiger partial charge in [0.05, 0.1) is 7.11 Å². The summed E-state index contributed by atoms with van der Waals surface area (Å²) in [5.41, 5.74) is 1.55. The van der Waals surface area contributed by atoms with Crippen LogP contribution in [0, 0.1) is 18.3 Å². The lowest BCUT2D eigenvalue weighted by atomic mass is 10.1. The summed E-state index contributed by atoms with van der Waals surface area (Å²) in [5, 5.41) is 16.4. The van der Waals surface area contributed by atoms with Crippen LogP contribution < -0.4 is 10.1 Å². The Bertz CT molecular complexity index is 975. The van der Waals surface area contributed by atoms with Gasteiger partial charge in [-0.3, -0.25) is 4.79 Å². The number of hydrogen-bond donors (Lipinski definition) is 2. The van der Waals surface area contributed by atoms with Crippen molar-refractivity contribution >= 4 is 28.7 Å². The third-order valence-corrected chi connectivity index (χ3v) is 3.46. The second-order valence-corrected chi connectivity index (χ2v) is 5.10. The number of fused-ring (bicyclic) bond motifs is 1. The maximum Gasteiger partial charge on any atom is 0.267 e. The van der Waals surface area contributed by atoms with Crippen LogP contribution in [0.15, 0.2) is 40.6 Å². The van der Waals surface area contributed by atoms with E-state index in [2.05, 4.69) is 15.5 Å². The lowest BCUT2D eigenvalue weighted by Gasteiger charge is -2.01. The van der Waals surface area contributed by atoms with Crippen molar-refractivity contribution in [1.82, 2.24) is 10.1 Å². The number of hydrogen-bond acceptors (Lipinski definition) is 5. The summed E-state index contributed by atoms with van der Waals surface area (Å²) < 4.78 is 10.1. The van der Waals surface area contributed by atoms with Crippen molar-refractivity contribution < 1.29 is 14.1 Å². The first-order valence-corrected chi connectivity index (χ1v) is 7.12. The van der Waals surface area contributed by atoms with E-state index >= 15 is 0 Å². The number of amides is 1. The smallest absolute Gasteiger partial charge is 0.267 e. The van der Waals surface area contributed by atoms with Crippen LogP contribution in [0.3, 0.4) is 0 Å². The molecule has 0 fully saturated rings. The van der Waals surface area contributed by atoms with Gasteiger partial charge in [-0.05, 0) is 31.2 Å². The molecule has 3 aromatic rings. The van der Waals surface area contributed by atoms with Crippen molar-refractivity contribution in [3.05, 3.63) is 47.4 Å². The number of carbonyl (C=O) groups is 1. The van der Waals surface area contributed by atoms with Gasteiger partial charge in [0.1, 0.15) is 23.2 Å². The average molecular weight is 322 g/mol. The molecular formula is C17H14N4O3. The number of carbonyl (C=O) groups excluding carboxylic acids is 1. The largest absolute Gasteiger partial charge is 0.497 e. The van der Waals surface area contributed by atoms with Gasteiger partial charge in [0.25, 0.3) is 5.91 Å². The quantitative estimate of drug-likeness (QED) is 0.567. The summed E-state index contributed by atoms with van der Waals surface area (Å²) in [6, 6.07) is 9.02. The number of nitrogens with one attached hydrogen (secondary N) is 2. The fourth-order valence-electron chi connectivity index (χ4n) is 2.28. The van der Waals surface area contributed by atoms with Crippen LogP contribution in [0.5, 0.6) is 5.75 Å². The molecule has 0 saturated carbocycles. The molecule has 0 radical (unpaired) electrons. The molecule has 0 saturated heterocycles. The van der Waals surface area contributed by atoms with E-state index in [1.54, 1.807) is 26.3 Å². The van der Waals surface area contributed by atoms with Crippen LogP contribution in [0.25, 0.3) is 17.0 Å². The second kappa shape index (κ2) is 6.30. The molecule has 0 aliphatic heterocycles. The molecule has 3 rings (SSSR count). The van der Waals surface area contributed by atoms with Crippen molar-refractivity contribution in [2.75, 3.05) is 12.4 Å². The third-order valence-electron chi connectivity index (χ3n) is 3.46. The maximum atomic E-state index is 12.2. The molecule has 0 spiro atoms. The van der Waals surface area contributed by atoms with E-state index in [0.717, 1.165) is 10.9 Å². The summed E-state index contributed by atoms with van der Waals surface area (Å²) in [4.78, 5) is 15.3. The number of H-pyrrole nitrogens is 1. The van der Waals surface area contributed by atoms with E-state index in [9.17, 15) is 10.1 Å². The first-order valence-electron chi connectivity index (χ1n) is 7.12. The number of ether oxygens (including phenoxy) is 1. The van der Waals surface area contributed by atoms with Crippen molar-refractivity contribution in [3.8, 4) is 11.8 Å². The van der Waals surface area contributed by atoms with Crippen molar-refractivity contribution in [2.24, 2.45) is 0 Å². The predicted octanol–water partition coefficient (Wildman–Crippen LogP) is 3.02. The summed E-state index contributed by atoms with van der Waals surface area (Å²) in [6.45, 7) is 1.71. The highest BCUT2D eigenvalue weighted by molar-refractivity contribution is 6.10. The molecule has 1 amide bonds. The summed E-state index contributed by atoms with van der Waals surface area (Å²) in [5.74, 6) is 0.969. The summed E-state index contributed by atoms with van der Waals surface area (Å²) >= 11 is 0. The van der Waals surface area contributed by atoms with Crippen molar-refractivity contribution in [3.63, 3.8) is 0 Å². The van der Waals surface area contributed by atoms with E-state index < -0.39 is 5.91 Å². The highest BCUT2D eigenvalue weighted by Gasteiger charge is 2.13. The number of methoxy groups -OCH3 is 1. The number of aryl methyl sites for hydroxylation is 1. The number of aromatic nitrogens is 2. The Kier molecular flexibility index (Phi) is 4.03. The predicted molar refractivity (Wildman–Crippen MR) is 88.3 cm³/mol. The number of anilines is 1. The minimum Gasteiger partial charge on any atom is -0.497 e. The standard InChI is InChI=1S/C17H14N4O3/c1-10-5-16(21-24-10)20-17(22)11(8-18)6-12-9-19-15-4-3-13(23-2)7-14(12)15/h3-7,9,19H,1-2H3,(H,20,21,22). The Balaban J connectivity index is 1.93. The molecular weight excluding hydrogens is 308 g/mol. The number of nitrogens with zero attached hydrogens (tertiary/aromatic N) is 2. The molecule has 2 N–H and O–H groups in total. The lowest BCUT2D eigenvalue weighted by molar-refractivity contribution is -0.112. The Hall–Kier alpha value is -3.53. The van der Waals surface area contributed by atoms with E-state index in [4.69, 9.17) is 9.26 Å². The monoisotopic (exact) mass is 322 g/mol. The second-order valence-electron chi connectivity index (χ2n) is 5.10. The molecule has 7 nitrogen and oxygen atoms in total. The molecule has 2 aromatic heterocycles. The number of rotatable bonds is 4. The van der Waals surface area contributed by atoms with Crippen LogP contribution >= 0.6 is 0 Å². The minimum atomic E-state index is -0.553. The summed E-state index contributed by atoms with van der Waals surface area (Å²) in [6.07, 6.45) is 3.25. The Morgan fingerprint density at radius 2 is 2.29 bits per heavy atom. The molecule has 2 heterocycles. The van der Waals surface area contributed by atoms with Gasteiger partial charge >= 0.3 is 0 Å². The lowest BCUT2D eigenvalue weighted by Crippen LogP contribution is -2.13. The van der Waals surface area contributed by atoms with Crippen LogP contribution in [-0.2, 0) is 4.79 Å². The highest BCUT2D eigenvalue weighted by Crippen LogP contribution is 2.25. The summed E-state index contributed by atoms with van der Waals surface area (Å²) in [7, 11) is 1.58. The zero-order valence-corrected chi connectivity index (χ0v) is 13.1. The van der Waals surface area contributed by atoms with E-state index in [1.165, 1.54) is 6.08 Å². The third kappa shape index (κ3) is 2.98. The van der Waals surface area contributed by atoms with Crippen LogP contribution in [0.2, 0.25) is 0 Å². The Morgan fingerprint density at radius 3 is 2.96 bits per heavy atom. The topological polar surface area (TPSA) is 104 Å².